The summed E-state index contributed by atoms with van der Waals surface area (Å²) in [6.45, 7) is 6.92. The Hall–Kier alpha value is -0.440. The van der Waals surface area contributed by atoms with Gasteiger partial charge in [0.05, 0.1) is 0 Å². The van der Waals surface area contributed by atoms with Gasteiger partial charge in [0.25, 0.3) is 0 Å². The highest BCUT2D eigenvalue weighted by Crippen LogP contribution is 2.19. The van der Waals surface area contributed by atoms with E-state index in [9.17, 15) is 0 Å². The Morgan fingerprint density at radius 1 is 0.522 bits per heavy atom. The first-order valence-corrected chi connectivity index (χ1v) is 10.8. The summed E-state index contributed by atoms with van der Waals surface area (Å²) in [5, 5.41) is 0. The van der Waals surface area contributed by atoms with Gasteiger partial charge in [0.1, 0.15) is 0 Å². The summed E-state index contributed by atoms with van der Waals surface area (Å²) in [5.41, 5.74) is 0. The van der Waals surface area contributed by atoms with Gasteiger partial charge in [-0.25, -0.2) is 0 Å². The third-order valence-corrected chi connectivity index (χ3v) is 5.00. The fourth-order valence-corrected chi connectivity index (χ4v) is 3.21. The molecule has 136 valence electrons. The van der Waals surface area contributed by atoms with E-state index in [-0.39, 0.29) is 0 Å². The number of unbranched alkanes of at least 4 members (excludes halogenated alkanes) is 11. The van der Waals surface area contributed by atoms with Crippen LogP contribution in [0.15, 0.2) is 0 Å². The first kappa shape index (κ1) is 22.6. The molecule has 0 N–H and O–H groups in total. The van der Waals surface area contributed by atoms with Crippen LogP contribution in [0.5, 0.6) is 0 Å². The van der Waals surface area contributed by atoms with Gasteiger partial charge in [-0.05, 0) is 18.8 Å². The van der Waals surface area contributed by atoms with Gasteiger partial charge >= 0.3 is 0 Å². The fourth-order valence-electron chi connectivity index (χ4n) is 3.21. The predicted octanol–water partition coefficient (Wildman–Crippen LogP) is 8.30. The lowest BCUT2D eigenvalue weighted by atomic mass is 9.93. The van der Waals surface area contributed by atoms with E-state index < -0.39 is 0 Å². The van der Waals surface area contributed by atoms with Crippen molar-refractivity contribution >= 4 is 0 Å². The Morgan fingerprint density at radius 2 is 1.04 bits per heavy atom. The van der Waals surface area contributed by atoms with Crippen molar-refractivity contribution in [3.63, 3.8) is 0 Å². The van der Waals surface area contributed by atoms with Crippen molar-refractivity contribution in [2.24, 2.45) is 5.92 Å². The van der Waals surface area contributed by atoms with Crippen molar-refractivity contribution in [3.8, 4) is 11.8 Å². The summed E-state index contributed by atoms with van der Waals surface area (Å²) in [6, 6.07) is 0. The average molecular weight is 321 g/mol. The lowest BCUT2D eigenvalue weighted by Crippen LogP contribution is -1.98. The third-order valence-electron chi connectivity index (χ3n) is 5.00. The first-order valence-electron chi connectivity index (χ1n) is 10.8. The Kier molecular flexibility index (Phi) is 19.2. The van der Waals surface area contributed by atoms with Crippen molar-refractivity contribution in [3.05, 3.63) is 0 Å². The zero-order valence-corrected chi connectivity index (χ0v) is 16.6. The molecule has 0 amide bonds. The minimum absolute atomic E-state index is 0.921. The number of hydrogen-bond acceptors (Lipinski definition) is 0. The lowest BCUT2D eigenvalue weighted by molar-refractivity contribution is 0.416. The molecule has 0 aromatic heterocycles. The monoisotopic (exact) mass is 320 g/mol. The van der Waals surface area contributed by atoms with Crippen LogP contribution in [0.25, 0.3) is 0 Å². The van der Waals surface area contributed by atoms with Crippen LogP contribution in [0.3, 0.4) is 0 Å². The van der Waals surface area contributed by atoms with E-state index in [2.05, 4.69) is 32.6 Å². The number of hydrogen-bond donors (Lipinski definition) is 0. The molecule has 0 nitrogen and oxygen atoms in total. The average Bonchev–Trinajstić information content (AvgIpc) is 2.57. The largest absolute Gasteiger partial charge is 0.103 e. The van der Waals surface area contributed by atoms with Gasteiger partial charge in [0.15, 0.2) is 0 Å². The van der Waals surface area contributed by atoms with Crippen LogP contribution in [0.2, 0.25) is 0 Å². The Balaban J connectivity index is 3.43. The minimum Gasteiger partial charge on any atom is -0.103 e. The second-order valence-corrected chi connectivity index (χ2v) is 7.24. The summed E-state index contributed by atoms with van der Waals surface area (Å²) >= 11 is 0. The molecular weight excluding hydrogens is 276 g/mol. The topological polar surface area (TPSA) is 0 Å². The molecule has 23 heavy (non-hydrogen) atoms. The van der Waals surface area contributed by atoms with Gasteiger partial charge in [-0.1, -0.05) is 104 Å². The highest BCUT2D eigenvalue weighted by molar-refractivity contribution is 4.98. The van der Waals surface area contributed by atoms with Crippen molar-refractivity contribution in [1.29, 1.82) is 0 Å². The molecule has 0 saturated heterocycles. The summed E-state index contributed by atoms with van der Waals surface area (Å²) in [4.78, 5) is 0. The predicted molar refractivity (Wildman–Crippen MR) is 107 cm³/mol. The van der Waals surface area contributed by atoms with Gasteiger partial charge in [-0.2, -0.15) is 0 Å². The smallest absolute Gasteiger partial charge is 0.00913 e. The van der Waals surface area contributed by atoms with E-state index in [1.807, 2.05) is 0 Å². The maximum absolute atomic E-state index is 3.41. The van der Waals surface area contributed by atoms with Gasteiger partial charge in [0.2, 0.25) is 0 Å². The molecule has 1 unspecified atom stereocenters. The molecule has 0 spiro atoms. The summed E-state index contributed by atoms with van der Waals surface area (Å²) in [5.74, 6) is 7.70. The van der Waals surface area contributed by atoms with Crippen molar-refractivity contribution < 1.29 is 0 Å². The van der Waals surface area contributed by atoms with E-state index in [0.717, 1.165) is 18.8 Å². The minimum atomic E-state index is 0.921. The maximum Gasteiger partial charge on any atom is 0.00913 e. The first-order chi connectivity index (χ1) is 11.3. The molecule has 1 atom stereocenters. The normalized spacial score (nSPS) is 12.0. The van der Waals surface area contributed by atoms with Crippen LogP contribution in [-0.2, 0) is 0 Å². The Bertz CT molecular complexity index is 267. The van der Waals surface area contributed by atoms with E-state index in [1.54, 1.807) is 0 Å². The van der Waals surface area contributed by atoms with Crippen LogP contribution in [0.4, 0.5) is 0 Å². The van der Waals surface area contributed by atoms with Gasteiger partial charge in [0, 0.05) is 12.8 Å². The van der Waals surface area contributed by atoms with Crippen molar-refractivity contribution in [2.75, 3.05) is 0 Å². The van der Waals surface area contributed by atoms with Crippen molar-refractivity contribution in [2.45, 2.75) is 130 Å². The zero-order chi connectivity index (χ0) is 17.0. The Labute approximate surface area is 148 Å². The second-order valence-electron chi connectivity index (χ2n) is 7.24. The van der Waals surface area contributed by atoms with Gasteiger partial charge in [-0.3, -0.25) is 0 Å². The van der Waals surface area contributed by atoms with E-state index in [0.29, 0.717) is 0 Å². The quantitative estimate of drug-likeness (QED) is 0.198. The second kappa shape index (κ2) is 19.6. The van der Waals surface area contributed by atoms with Gasteiger partial charge < -0.3 is 0 Å². The van der Waals surface area contributed by atoms with Crippen molar-refractivity contribution in [1.82, 2.24) is 0 Å². The van der Waals surface area contributed by atoms with Crippen LogP contribution in [-0.4, -0.2) is 0 Å². The molecule has 0 aromatic carbocycles. The van der Waals surface area contributed by atoms with E-state index >= 15 is 0 Å². The molecule has 0 radical (unpaired) electrons. The highest BCUT2D eigenvalue weighted by Gasteiger charge is 2.04. The molecule has 0 aliphatic rings. The molecular formula is C23H44. The summed E-state index contributed by atoms with van der Waals surface area (Å²) in [6.07, 6.45) is 23.2. The SMILES string of the molecule is CCCCCCC#CCCC(CC)CCCCCCCCCC. The number of rotatable bonds is 16. The molecule has 0 heteroatoms. The molecule has 0 heterocycles. The Morgan fingerprint density at radius 3 is 1.65 bits per heavy atom. The molecule has 0 fully saturated rings. The van der Waals surface area contributed by atoms with Crippen LogP contribution >= 0.6 is 0 Å². The zero-order valence-electron chi connectivity index (χ0n) is 16.6. The molecule has 0 saturated carbocycles. The standard InChI is InChI=1S/C23H44/c1-4-7-9-11-13-15-17-19-21-23(6-3)22-20-18-16-14-12-10-8-5-2/h23H,4-15,17,19-22H2,1-3H3. The van der Waals surface area contributed by atoms with Crippen LogP contribution in [0.1, 0.15) is 130 Å². The molecule has 0 rings (SSSR count). The summed E-state index contributed by atoms with van der Waals surface area (Å²) < 4.78 is 0. The molecule has 0 aliphatic heterocycles. The van der Waals surface area contributed by atoms with E-state index in [4.69, 9.17) is 0 Å². The molecule has 0 aliphatic carbocycles. The lowest BCUT2D eigenvalue weighted by Gasteiger charge is -2.12. The highest BCUT2D eigenvalue weighted by atomic mass is 14.1. The third kappa shape index (κ3) is 17.7. The van der Waals surface area contributed by atoms with Crippen LogP contribution < -0.4 is 0 Å². The molecule has 0 bridgehead atoms. The van der Waals surface area contributed by atoms with E-state index in [1.165, 1.54) is 96.3 Å². The summed E-state index contributed by atoms with van der Waals surface area (Å²) in [7, 11) is 0. The van der Waals surface area contributed by atoms with Gasteiger partial charge in [-0.15, -0.1) is 11.8 Å². The maximum atomic E-state index is 3.41. The fraction of sp³-hybridized carbons (Fsp3) is 0.913. The van der Waals surface area contributed by atoms with Crippen LogP contribution in [0, 0.1) is 17.8 Å². The molecule has 0 aromatic rings.